The van der Waals surface area contributed by atoms with Gasteiger partial charge in [0.05, 0.1) is 23.8 Å². The molecule has 1 unspecified atom stereocenters. The Kier molecular flexibility index (Phi) is 5.11. The van der Waals surface area contributed by atoms with Crippen LogP contribution in [0.15, 0.2) is 6.33 Å². The number of fused-ring (bicyclic) bond motifs is 1. The fourth-order valence-corrected chi connectivity index (χ4v) is 2.13. The Hall–Kier alpha value is -1.89. The van der Waals surface area contributed by atoms with Crippen molar-refractivity contribution in [1.29, 1.82) is 0 Å². The zero-order valence-electron chi connectivity index (χ0n) is 11.7. The Balaban J connectivity index is 1.70. The smallest absolute Gasteiger partial charge is 0.237 e. The molecule has 0 saturated carbocycles. The van der Waals surface area contributed by atoms with Crippen LogP contribution < -0.4 is 16.0 Å². The molecule has 0 saturated heterocycles. The van der Waals surface area contributed by atoms with E-state index in [2.05, 4.69) is 25.9 Å². The number of imidazole rings is 1. The van der Waals surface area contributed by atoms with Gasteiger partial charge in [0.15, 0.2) is 0 Å². The van der Waals surface area contributed by atoms with Gasteiger partial charge in [-0.05, 0) is 6.42 Å². The molecule has 4 N–H and O–H groups in total. The predicted octanol–water partition coefficient (Wildman–Crippen LogP) is -0.543. The van der Waals surface area contributed by atoms with E-state index in [1.807, 2.05) is 6.92 Å². The third-order valence-electron chi connectivity index (χ3n) is 3.27. The maximum absolute atomic E-state index is 12.0. The molecular formula is C13H21N5O2. The van der Waals surface area contributed by atoms with Crippen LogP contribution in [-0.4, -0.2) is 40.9 Å². The van der Waals surface area contributed by atoms with Crippen LogP contribution in [0.5, 0.6) is 0 Å². The first-order valence-electron chi connectivity index (χ1n) is 6.99. The second-order valence-corrected chi connectivity index (χ2v) is 4.86. The Labute approximate surface area is 117 Å². The minimum Gasteiger partial charge on any atom is -0.356 e. The Bertz CT molecular complexity index is 471. The van der Waals surface area contributed by atoms with Gasteiger partial charge in [0.2, 0.25) is 11.8 Å². The zero-order chi connectivity index (χ0) is 14.4. The molecule has 1 aromatic heterocycles. The molecule has 0 bridgehead atoms. The van der Waals surface area contributed by atoms with Gasteiger partial charge in [-0.3, -0.25) is 14.9 Å². The van der Waals surface area contributed by atoms with E-state index >= 15 is 0 Å². The van der Waals surface area contributed by atoms with Crippen molar-refractivity contribution in [3.63, 3.8) is 0 Å². The summed E-state index contributed by atoms with van der Waals surface area (Å²) in [5, 5.41) is 8.71. The second kappa shape index (κ2) is 7.04. The van der Waals surface area contributed by atoms with Crippen LogP contribution in [0.2, 0.25) is 0 Å². The number of aromatic amines is 1. The fraction of sp³-hybridized carbons (Fsp3) is 0.615. The topological polar surface area (TPSA) is 98.9 Å². The monoisotopic (exact) mass is 279 g/mol. The number of hydrogen-bond donors (Lipinski definition) is 4. The van der Waals surface area contributed by atoms with Gasteiger partial charge in [0.25, 0.3) is 0 Å². The summed E-state index contributed by atoms with van der Waals surface area (Å²) in [7, 11) is 0. The van der Waals surface area contributed by atoms with Gasteiger partial charge in [-0.25, -0.2) is 4.98 Å². The maximum Gasteiger partial charge on any atom is 0.237 e. The van der Waals surface area contributed by atoms with Crippen molar-refractivity contribution in [2.75, 3.05) is 13.1 Å². The number of carbonyl (C=O) groups excluding carboxylic acids is 2. The highest BCUT2D eigenvalue weighted by molar-refractivity contribution is 5.83. The van der Waals surface area contributed by atoms with Gasteiger partial charge in [0, 0.05) is 32.5 Å². The van der Waals surface area contributed by atoms with E-state index in [1.165, 1.54) is 0 Å². The maximum atomic E-state index is 12.0. The summed E-state index contributed by atoms with van der Waals surface area (Å²) >= 11 is 0. The van der Waals surface area contributed by atoms with E-state index < -0.39 is 0 Å². The summed E-state index contributed by atoms with van der Waals surface area (Å²) in [4.78, 5) is 30.6. The number of amides is 2. The highest BCUT2D eigenvalue weighted by Gasteiger charge is 2.25. The van der Waals surface area contributed by atoms with Crippen molar-refractivity contribution >= 4 is 11.8 Å². The first-order chi connectivity index (χ1) is 9.70. The van der Waals surface area contributed by atoms with Crippen molar-refractivity contribution in [2.24, 2.45) is 0 Å². The molecule has 2 amide bonds. The normalized spacial score (nSPS) is 17.4. The number of H-pyrrole nitrogens is 1. The van der Waals surface area contributed by atoms with Gasteiger partial charge in [-0.2, -0.15) is 0 Å². The molecule has 110 valence electrons. The van der Waals surface area contributed by atoms with Crippen LogP contribution in [0.3, 0.4) is 0 Å². The summed E-state index contributed by atoms with van der Waals surface area (Å²) in [6, 6.07) is -0.274. The second-order valence-electron chi connectivity index (χ2n) is 4.86. The van der Waals surface area contributed by atoms with Gasteiger partial charge >= 0.3 is 0 Å². The van der Waals surface area contributed by atoms with Crippen LogP contribution in [0, 0.1) is 0 Å². The standard InChI is InChI=1S/C13H21N5O2/c1-2-4-14-12(19)3-5-15-13(20)10-6-9-11(7-16-10)18-8-17-9/h8,10,16H,2-7H2,1H3,(H,14,19)(H,15,20)(H,17,18). The van der Waals surface area contributed by atoms with Crippen LogP contribution in [0.4, 0.5) is 0 Å². The van der Waals surface area contributed by atoms with Crippen molar-refractivity contribution in [2.45, 2.75) is 38.8 Å². The molecule has 0 radical (unpaired) electrons. The number of aromatic nitrogens is 2. The minimum absolute atomic E-state index is 0.0293. The van der Waals surface area contributed by atoms with Gasteiger partial charge < -0.3 is 15.6 Å². The molecule has 0 spiro atoms. The first-order valence-corrected chi connectivity index (χ1v) is 6.99. The number of carbonyl (C=O) groups is 2. The van der Waals surface area contributed by atoms with Crippen molar-refractivity contribution in [3.05, 3.63) is 17.7 Å². The van der Waals surface area contributed by atoms with Crippen LogP contribution in [0.25, 0.3) is 0 Å². The average molecular weight is 279 g/mol. The molecule has 0 fully saturated rings. The molecule has 2 heterocycles. The number of nitrogens with one attached hydrogen (secondary N) is 4. The number of nitrogens with zero attached hydrogens (tertiary/aromatic N) is 1. The van der Waals surface area contributed by atoms with Gasteiger partial charge in [-0.1, -0.05) is 6.92 Å². The molecule has 20 heavy (non-hydrogen) atoms. The van der Waals surface area contributed by atoms with E-state index in [0.29, 0.717) is 32.5 Å². The summed E-state index contributed by atoms with van der Waals surface area (Å²) < 4.78 is 0. The molecule has 1 aliphatic rings. The Morgan fingerprint density at radius 1 is 1.40 bits per heavy atom. The van der Waals surface area contributed by atoms with Crippen molar-refractivity contribution in [3.8, 4) is 0 Å². The van der Waals surface area contributed by atoms with Crippen LogP contribution >= 0.6 is 0 Å². The molecule has 1 atom stereocenters. The van der Waals surface area contributed by atoms with Crippen molar-refractivity contribution in [1.82, 2.24) is 25.9 Å². The van der Waals surface area contributed by atoms with E-state index in [1.54, 1.807) is 6.33 Å². The predicted molar refractivity (Wildman–Crippen MR) is 73.8 cm³/mol. The zero-order valence-corrected chi connectivity index (χ0v) is 11.7. The summed E-state index contributed by atoms with van der Waals surface area (Å²) in [5.74, 6) is -0.111. The molecule has 0 aromatic carbocycles. The highest BCUT2D eigenvalue weighted by Crippen LogP contribution is 2.11. The number of hydrogen-bond acceptors (Lipinski definition) is 4. The lowest BCUT2D eigenvalue weighted by Crippen LogP contribution is -2.48. The summed E-state index contributed by atoms with van der Waals surface area (Å²) in [6.07, 6.45) is 3.44. The Morgan fingerprint density at radius 3 is 3.05 bits per heavy atom. The van der Waals surface area contributed by atoms with Crippen LogP contribution in [-0.2, 0) is 22.6 Å². The largest absolute Gasteiger partial charge is 0.356 e. The fourth-order valence-electron chi connectivity index (χ4n) is 2.13. The first kappa shape index (κ1) is 14.5. The quantitative estimate of drug-likeness (QED) is 0.562. The minimum atomic E-state index is -0.274. The van der Waals surface area contributed by atoms with E-state index in [-0.39, 0.29) is 17.9 Å². The molecular weight excluding hydrogens is 258 g/mol. The molecule has 7 nitrogen and oxygen atoms in total. The molecule has 1 aromatic rings. The molecule has 7 heteroatoms. The molecule has 0 aliphatic carbocycles. The van der Waals surface area contributed by atoms with E-state index in [9.17, 15) is 9.59 Å². The highest BCUT2D eigenvalue weighted by atomic mass is 16.2. The molecule has 1 aliphatic heterocycles. The van der Waals surface area contributed by atoms with E-state index in [0.717, 1.165) is 17.8 Å². The summed E-state index contributed by atoms with van der Waals surface area (Å²) in [5.41, 5.74) is 1.97. The summed E-state index contributed by atoms with van der Waals surface area (Å²) in [6.45, 7) is 3.66. The van der Waals surface area contributed by atoms with Gasteiger partial charge in [0.1, 0.15) is 0 Å². The Morgan fingerprint density at radius 2 is 2.25 bits per heavy atom. The third-order valence-corrected chi connectivity index (χ3v) is 3.27. The number of rotatable bonds is 6. The SMILES string of the molecule is CCCNC(=O)CCNC(=O)C1Cc2nc[nH]c2CN1. The van der Waals surface area contributed by atoms with Crippen molar-refractivity contribution < 1.29 is 9.59 Å². The third kappa shape index (κ3) is 3.80. The van der Waals surface area contributed by atoms with Crippen LogP contribution in [0.1, 0.15) is 31.2 Å². The lowest BCUT2D eigenvalue weighted by molar-refractivity contribution is -0.123. The van der Waals surface area contributed by atoms with E-state index in [4.69, 9.17) is 0 Å². The lowest BCUT2D eigenvalue weighted by Gasteiger charge is -2.22. The van der Waals surface area contributed by atoms with Gasteiger partial charge in [-0.15, -0.1) is 0 Å². The molecule has 2 rings (SSSR count). The lowest BCUT2D eigenvalue weighted by atomic mass is 10.0. The average Bonchev–Trinajstić information content (AvgIpc) is 2.92.